The van der Waals surface area contributed by atoms with Gasteiger partial charge in [-0.25, -0.2) is 4.98 Å². The molecule has 1 aromatic carbocycles. The van der Waals surface area contributed by atoms with Crippen LogP contribution in [-0.2, 0) is 4.74 Å². The number of piperidine rings is 1. The van der Waals surface area contributed by atoms with E-state index < -0.39 is 0 Å². The molecule has 0 aliphatic carbocycles. The van der Waals surface area contributed by atoms with Crippen LogP contribution in [0.2, 0.25) is 0 Å². The summed E-state index contributed by atoms with van der Waals surface area (Å²) in [6.07, 6.45) is 2.00. The molecule has 1 aliphatic heterocycles. The molecule has 0 spiro atoms. The molecule has 5 nitrogen and oxygen atoms in total. The molecular weight excluding hydrogens is 370 g/mol. The monoisotopic (exact) mass is 395 g/mol. The highest BCUT2D eigenvalue weighted by Crippen LogP contribution is 2.30. The van der Waals surface area contributed by atoms with E-state index in [1.165, 1.54) is 0 Å². The van der Waals surface area contributed by atoms with Gasteiger partial charge in [0.2, 0.25) is 0 Å². The van der Waals surface area contributed by atoms with E-state index in [9.17, 15) is 4.79 Å². The third-order valence-electron chi connectivity index (χ3n) is 5.47. The normalized spacial score (nSPS) is 16.2. The van der Waals surface area contributed by atoms with E-state index >= 15 is 0 Å². The second-order valence-corrected chi connectivity index (χ2v) is 8.36. The van der Waals surface area contributed by atoms with Gasteiger partial charge in [0.15, 0.2) is 0 Å². The number of benzene rings is 1. The molecule has 0 unspecified atom stereocenters. The highest BCUT2D eigenvalue weighted by Gasteiger charge is 2.32. The number of rotatable bonds is 6. The second-order valence-electron chi connectivity index (χ2n) is 7.42. The minimum Gasteiger partial charge on any atom is -0.384 e. The molecule has 0 bridgehead atoms. The van der Waals surface area contributed by atoms with Gasteiger partial charge in [0, 0.05) is 24.5 Å². The van der Waals surface area contributed by atoms with Crippen LogP contribution in [-0.4, -0.2) is 44.2 Å². The molecule has 3 aromatic rings. The molecule has 1 fully saturated rings. The molecular formula is C22H25N3O2S. The Morgan fingerprint density at radius 3 is 2.82 bits per heavy atom. The number of methoxy groups -OCH3 is 1. The number of pyridine rings is 1. The standard InChI is InChI=1S/C22H25N3O2S/c1-27-15-22(8-10-23-11-9-22)14-24-21(26)17-13-19(20-7-4-12-28-20)25-18-6-3-2-5-16(17)18/h2-7,12-13,23H,8-11,14-15H2,1H3,(H,24,26). The molecule has 0 saturated carbocycles. The Hall–Kier alpha value is -2.28. The molecule has 6 heteroatoms. The summed E-state index contributed by atoms with van der Waals surface area (Å²) in [6.45, 7) is 3.19. The van der Waals surface area contributed by atoms with Gasteiger partial charge < -0.3 is 15.4 Å². The van der Waals surface area contributed by atoms with Crippen molar-refractivity contribution in [3.8, 4) is 10.6 Å². The van der Waals surface area contributed by atoms with Crippen LogP contribution in [0.25, 0.3) is 21.5 Å². The van der Waals surface area contributed by atoms with Crippen molar-refractivity contribution in [2.24, 2.45) is 5.41 Å². The first-order valence-electron chi connectivity index (χ1n) is 9.62. The van der Waals surface area contributed by atoms with Crippen LogP contribution < -0.4 is 10.6 Å². The number of ether oxygens (including phenoxy) is 1. The first-order chi connectivity index (χ1) is 13.7. The van der Waals surface area contributed by atoms with Gasteiger partial charge in [-0.3, -0.25) is 4.79 Å². The van der Waals surface area contributed by atoms with Crippen molar-refractivity contribution in [3.05, 3.63) is 53.4 Å². The summed E-state index contributed by atoms with van der Waals surface area (Å²) < 4.78 is 5.47. The highest BCUT2D eigenvalue weighted by molar-refractivity contribution is 7.13. The predicted molar refractivity (Wildman–Crippen MR) is 114 cm³/mol. The number of carbonyl (C=O) groups is 1. The third kappa shape index (κ3) is 3.94. The molecule has 1 amide bonds. The van der Waals surface area contributed by atoms with Gasteiger partial charge in [0.1, 0.15) is 0 Å². The lowest BCUT2D eigenvalue weighted by Gasteiger charge is -2.37. The maximum Gasteiger partial charge on any atom is 0.252 e. The summed E-state index contributed by atoms with van der Waals surface area (Å²) in [7, 11) is 1.73. The van der Waals surface area contributed by atoms with Crippen molar-refractivity contribution >= 4 is 28.1 Å². The number of thiophene rings is 1. The van der Waals surface area contributed by atoms with Crippen LogP contribution in [0, 0.1) is 5.41 Å². The lowest BCUT2D eigenvalue weighted by molar-refractivity contribution is 0.0512. The highest BCUT2D eigenvalue weighted by atomic mass is 32.1. The molecule has 1 saturated heterocycles. The van der Waals surface area contributed by atoms with Crippen LogP contribution in [0.15, 0.2) is 47.8 Å². The molecule has 2 N–H and O–H groups in total. The van der Waals surface area contributed by atoms with Crippen molar-refractivity contribution < 1.29 is 9.53 Å². The zero-order valence-corrected chi connectivity index (χ0v) is 16.8. The van der Waals surface area contributed by atoms with E-state index in [0.717, 1.165) is 47.4 Å². The first-order valence-corrected chi connectivity index (χ1v) is 10.5. The molecule has 28 heavy (non-hydrogen) atoms. The average molecular weight is 396 g/mol. The van der Waals surface area contributed by atoms with E-state index in [-0.39, 0.29) is 11.3 Å². The van der Waals surface area contributed by atoms with Crippen LogP contribution >= 0.6 is 11.3 Å². The van der Waals surface area contributed by atoms with Crippen molar-refractivity contribution in [1.82, 2.24) is 15.6 Å². The van der Waals surface area contributed by atoms with Gasteiger partial charge in [0.25, 0.3) is 5.91 Å². The zero-order chi connectivity index (χ0) is 19.4. The Kier molecular flexibility index (Phi) is 5.71. The Morgan fingerprint density at radius 1 is 1.25 bits per heavy atom. The molecule has 0 atom stereocenters. The summed E-state index contributed by atoms with van der Waals surface area (Å²) >= 11 is 1.63. The smallest absolute Gasteiger partial charge is 0.252 e. The fourth-order valence-electron chi connectivity index (χ4n) is 3.91. The number of nitrogens with zero attached hydrogens (tertiary/aromatic N) is 1. The van der Waals surface area contributed by atoms with Gasteiger partial charge in [0.05, 0.1) is 28.3 Å². The number of nitrogens with one attached hydrogen (secondary N) is 2. The van der Waals surface area contributed by atoms with Crippen LogP contribution in [0.4, 0.5) is 0 Å². The number of hydrogen-bond acceptors (Lipinski definition) is 5. The third-order valence-corrected chi connectivity index (χ3v) is 6.37. The van der Waals surface area contributed by atoms with E-state index in [4.69, 9.17) is 9.72 Å². The Balaban J connectivity index is 1.63. The number of amides is 1. The van der Waals surface area contributed by atoms with Crippen LogP contribution in [0.5, 0.6) is 0 Å². The summed E-state index contributed by atoms with van der Waals surface area (Å²) in [4.78, 5) is 19.0. The van der Waals surface area contributed by atoms with Crippen molar-refractivity contribution in [2.75, 3.05) is 33.4 Å². The summed E-state index contributed by atoms with van der Waals surface area (Å²) in [6, 6.07) is 13.8. The minimum atomic E-state index is -0.0505. The van der Waals surface area contributed by atoms with E-state index in [1.807, 2.05) is 47.8 Å². The number of hydrogen-bond donors (Lipinski definition) is 2. The lowest BCUT2D eigenvalue weighted by atomic mass is 9.79. The molecule has 4 rings (SSSR count). The van der Waals surface area contributed by atoms with E-state index in [2.05, 4.69) is 10.6 Å². The first kappa shape index (κ1) is 19.1. The van der Waals surface area contributed by atoms with E-state index in [1.54, 1.807) is 18.4 Å². The maximum atomic E-state index is 13.2. The maximum absolute atomic E-state index is 13.2. The Bertz CT molecular complexity index is 944. The van der Waals surface area contributed by atoms with Gasteiger partial charge in [-0.05, 0) is 49.5 Å². The largest absolute Gasteiger partial charge is 0.384 e. The molecule has 146 valence electrons. The van der Waals surface area contributed by atoms with Crippen LogP contribution in [0.3, 0.4) is 0 Å². The lowest BCUT2D eigenvalue weighted by Crippen LogP contribution is -2.47. The molecule has 2 aromatic heterocycles. The summed E-state index contributed by atoms with van der Waals surface area (Å²) in [5.41, 5.74) is 2.35. The fourth-order valence-corrected chi connectivity index (χ4v) is 4.60. The number of fused-ring (bicyclic) bond motifs is 1. The topological polar surface area (TPSA) is 63.2 Å². The number of aromatic nitrogens is 1. The van der Waals surface area contributed by atoms with Crippen molar-refractivity contribution in [1.29, 1.82) is 0 Å². The van der Waals surface area contributed by atoms with Gasteiger partial charge in [-0.15, -0.1) is 11.3 Å². The van der Waals surface area contributed by atoms with Gasteiger partial charge in [-0.2, -0.15) is 0 Å². The molecule has 1 aliphatic rings. The zero-order valence-electron chi connectivity index (χ0n) is 16.0. The molecule has 3 heterocycles. The van der Waals surface area contributed by atoms with E-state index in [0.29, 0.717) is 18.7 Å². The van der Waals surface area contributed by atoms with Crippen LogP contribution in [0.1, 0.15) is 23.2 Å². The number of para-hydroxylation sites is 1. The number of carbonyl (C=O) groups excluding carboxylic acids is 1. The molecule has 0 radical (unpaired) electrons. The van der Waals surface area contributed by atoms with Crippen molar-refractivity contribution in [2.45, 2.75) is 12.8 Å². The van der Waals surface area contributed by atoms with Gasteiger partial charge in [-0.1, -0.05) is 24.3 Å². The second kappa shape index (κ2) is 8.39. The Labute approximate surface area is 169 Å². The fraction of sp³-hybridized carbons (Fsp3) is 0.364. The van der Waals surface area contributed by atoms with Crippen molar-refractivity contribution in [3.63, 3.8) is 0 Å². The van der Waals surface area contributed by atoms with Gasteiger partial charge >= 0.3 is 0 Å². The average Bonchev–Trinajstić information content (AvgIpc) is 3.27. The SMILES string of the molecule is COCC1(CNC(=O)c2cc(-c3cccs3)nc3ccccc23)CCNCC1. The summed E-state index contributed by atoms with van der Waals surface area (Å²) in [5, 5.41) is 9.48. The Morgan fingerprint density at radius 2 is 2.07 bits per heavy atom. The predicted octanol–water partition coefficient (Wildman–Crippen LogP) is 3.71. The minimum absolute atomic E-state index is 0.00488. The summed E-state index contributed by atoms with van der Waals surface area (Å²) in [5.74, 6) is -0.0505. The quantitative estimate of drug-likeness (QED) is 0.668.